The smallest absolute Gasteiger partial charge is 0.430 e. The number of ether oxygens (including phenoxy) is 2. The highest BCUT2D eigenvalue weighted by molar-refractivity contribution is 5.63. The zero-order valence-electron chi connectivity index (χ0n) is 10.1. The summed E-state index contributed by atoms with van der Waals surface area (Å²) in [5, 5.41) is 0. The highest BCUT2D eigenvalue weighted by atomic mass is 16.7. The SMILES string of the molecule is CC1CCCCC1OC(=O)Oc1ccccc1. The van der Waals surface area contributed by atoms with Crippen LogP contribution in [0.1, 0.15) is 32.6 Å². The second-order valence-electron chi connectivity index (χ2n) is 4.58. The van der Waals surface area contributed by atoms with E-state index < -0.39 is 6.16 Å². The lowest BCUT2D eigenvalue weighted by atomic mass is 9.88. The van der Waals surface area contributed by atoms with Crippen molar-refractivity contribution in [2.75, 3.05) is 0 Å². The maximum Gasteiger partial charge on any atom is 0.514 e. The Morgan fingerprint density at radius 1 is 1.18 bits per heavy atom. The molecule has 2 rings (SSSR count). The molecular formula is C14H18O3. The van der Waals surface area contributed by atoms with E-state index in [1.54, 1.807) is 12.1 Å². The summed E-state index contributed by atoms with van der Waals surface area (Å²) in [5.41, 5.74) is 0. The van der Waals surface area contributed by atoms with Gasteiger partial charge in [0.1, 0.15) is 11.9 Å². The quantitative estimate of drug-likeness (QED) is 0.577. The van der Waals surface area contributed by atoms with Crippen LogP contribution in [0.4, 0.5) is 4.79 Å². The van der Waals surface area contributed by atoms with Crippen molar-refractivity contribution >= 4 is 6.16 Å². The standard InChI is InChI=1S/C14H18O3/c1-11-7-5-6-10-13(11)17-14(15)16-12-8-3-2-4-9-12/h2-4,8-9,11,13H,5-7,10H2,1H3. The minimum Gasteiger partial charge on any atom is -0.430 e. The van der Waals surface area contributed by atoms with Crippen molar-refractivity contribution in [2.24, 2.45) is 5.92 Å². The third kappa shape index (κ3) is 3.48. The number of para-hydroxylation sites is 1. The molecule has 1 fully saturated rings. The summed E-state index contributed by atoms with van der Waals surface area (Å²) < 4.78 is 10.5. The highest BCUT2D eigenvalue weighted by Crippen LogP contribution is 2.26. The second kappa shape index (κ2) is 5.71. The molecule has 3 heteroatoms. The summed E-state index contributed by atoms with van der Waals surface area (Å²) in [6.45, 7) is 2.12. The van der Waals surface area contributed by atoms with Crippen LogP contribution in [0.15, 0.2) is 30.3 Å². The highest BCUT2D eigenvalue weighted by Gasteiger charge is 2.25. The third-order valence-electron chi connectivity index (χ3n) is 3.22. The summed E-state index contributed by atoms with van der Waals surface area (Å²) >= 11 is 0. The number of carbonyl (C=O) groups excluding carboxylic acids is 1. The molecule has 0 spiro atoms. The minimum absolute atomic E-state index is 0.0139. The van der Waals surface area contributed by atoms with E-state index in [-0.39, 0.29) is 6.10 Å². The fourth-order valence-corrected chi connectivity index (χ4v) is 2.19. The van der Waals surface area contributed by atoms with Crippen molar-refractivity contribution in [1.82, 2.24) is 0 Å². The average Bonchev–Trinajstić information content (AvgIpc) is 2.33. The first-order valence-electron chi connectivity index (χ1n) is 6.19. The Hall–Kier alpha value is -1.51. The van der Waals surface area contributed by atoms with Gasteiger partial charge < -0.3 is 9.47 Å². The topological polar surface area (TPSA) is 35.5 Å². The van der Waals surface area contributed by atoms with Gasteiger partial charge in [-0.25, -0.2) is 4.79 Å². The van der Waals surface area contributed by atoms with E-state index in [9.17, 15) is 4.79 Å². The van der Waals surface area contributed by atoms with Crippen LogP contribution in [0, 0.1) is 5.92 Å². The molecule has 1 aromatic carbocycles. The normalized spacial score (nSPS) is 24.1. The van der Waals surface area contributed by atoms with Crippen LogP contribution in [0.25, 0.3) is 0 Å². The van der Waals surface area contributed by atoms with E-state index in [1.807, 2.05) is 18.2 Å². The third-order valence-corrected chi connectivity index (χ3v) is 3.22. The van der Waals surface area contributed by atoms with Crippen LogP contribution >= 0.6 is 0 Å². The number of benzene rings is 1. The van der Waals surface area contributed by atoms with Crippen molar-refractivity contribution in [3.8, 4) is 5.75 Å². The lowest BCUT2D eigenvalue weighted by molar-refractivity contribution is 0.0162. The van der Waals surface area contributed by atoms with E-state index in [0.717, 1.165) is 19.3 Å². The van der Waals surface area contributed by atoms with Gasteiger partial charge in [0, 0.05) is 0 Å². The largest absolute Gasteiger partial charge is 0.514 e. The first-order chi connectivity index (χ1) is 8.25. The first kappa shape index (κ1) is 12.0. The summed E-state index contributed by atoms with van der Waals surface area (Å²) in [6, 6.07) is 9.01. The summed E-state index contributed by atoms with van der Waals surface area (Å²) in [6.07, 6.45) is 3.87. The van der Waals surface area contributed by atoms with Crippen LogP contribution in [-0.4, -0.2) is 12.3 Å². The molecular weight excluding hydrogens is 216 g/mol. The number of carbonyl (C=O) groups is 1. The van der Waals surface area contributed by atoms with Gasteiger partial charge >= 0.3 is 6.16 Å². The van der Waals surface area contributed by atoms with Crippen molar-refractivity contribution in [2.45, 2.75) is 38.7 Å². The molecule has 2 unspecified atom stereocenters. The van der Waals surface area contributed by atoms with Gasteiger partial charge in [-0.3, -0.25) is 0 Å². The molecule has 3 nitrogen and oxygen atoms in total. The van der Waals surface area contributed by atoms with Crippen LogP contribution in [0.2, 0.25) is 0 Å². The molecule has 0 heterocycles. The van der Waals surface area contributed by atoms with Crippen molar-refractivity contribution in [3.05, 3.63) is 30.3 Å². The molecule has 0 aromatic heterocycles. The molecule has 0 aliphatic heterocycles. The van der Waals surface area contributed by atoms with Crippen molar-refractivity contribution < 1.29 is 14.3 Å². The minimum atomic E-state index is -0.588. The molecule has 17 heavy (non-hydrogen) atoms. The number of hydrogen-bond acceptors (Lipinski definition) is 3. The number of rotatable bonds is 2. The Bertz CT molecular complexity index is 361. The second-order valence-corrected chi connectivity index (χ2v) is 4.58. The van der Waals surface area contributed by atoms with Gasteiger partial charge in [-0.05, 0) is 37.3 Å². The maximum atomic E-state index is 11.6. The van der Waals surface area contributed by atoms with Crippen LogP contribution in [0.5, 0.6) is 5.75 Å². The Morgan fingerprint density at radius 3 is 2.59 bits per heavy atom. The zero-order valence-corrected chi connectivity index (χ0v) is 10.1. The predicted molar refractivity (Wildman–Crippen MR) is 65.0 cm³/mol. The van der Waals surface area contributed by atoms with Gasteiger partial charge in [0.05, 0.1) is 0 Å². The van der Waals surface area contributed by atoms with E-state index in [0.29, 0.717) is 11.7 Å². The monoisotopic (exact) mass is 234 g/mol. The molecule has 2 atom stereocenters. The Labute approximate surface area is 102 Å². The van der Waals surface area contributed by atoms with Gasteiger partial charge in [-0.15, -0.1) is 0 Å². The number of hydrogen-bond donors (Lipinski definition) is 0. The molecule has 92 valence electrons. The molecule has 0 bridgehead atoms. The molecule has 0 N–H and O–H groups in total. The average molecular weight is 234 g/mol. The Morgan fingerprint density at radius 2 is 1.88 bits per heavy atom. The van der Waals surface area contributed by atoms with E-state index >= 15 is 0 Å². The van der Waals surface area contributed by atoms with E-state index in [4.69, 9.17) is 9.47 Å². The van der Waals surface area contributed by atoms with Crippen molar-refractivity contribution in [1.29, 1.82) is 0 Å². The zero-order chi connectivity index (χ0) is 12.1. The molecule has 0 saturated heterocycles. The molecule has 1 aromatic rings. The van der Waals surface area contributed by atoms with Crippen LogP contribution < -0.4 is 4.74 Å². The van der Waals surface area contributed by atoms with E-state index in [2.05, 4.69) is 6.92 Å². The van der Waals surface area contributed by atoms with Gasteiger partial charge in [-0.1, -0.05) is 31.5 Å². The van der Waals surface area contributed by atoms with Crippen LogP contribution in [0.3, 0.4) is 0 Å². The predicted octanol–water partition coefficient (Wildman–Crippen LogP) is 3.78. The molecule has 1 aliphatic rings. The molecule has 0 amide bonds. The maximum absolute atomic E-state index is 11.6. The molecule has 0 radical (unpaired) electrons. The summed E-state index contributed by atoms with van der Waals surface area (Å²) in [5.74, 6) is 0.966. The first-order valence-corrected chi connectivity index (χ1v) is 6.19. The van der Waals surface area contributed by atoms with Crippen LogP contribution in [-0.2, 0) is 4.74 Å². The van der Waals surface area contributed by atoms with Gasteiger partial charge in [0.15, 0.2) is 0 Å². The summed E-state index contributed by atoms with van der Waals surface area (Å²) in [7, 11) is 0. The fourth-order valence-electron chi connectivity index (χ4n) is 2.19. The van der Waals surface area contributed by atoms with Crippen molar-refractivity contribution in [3.63, 3.8) is 0 Å². The molecule has 1 saturated carbocycles. The summed E-state index contributed by atoms with van der Waals surface area (Å²) in [4.78, 5) is 11.6. The van der Waals surface area contributed by atoms with Gasteiger partial charge in [0.2, 0.25) is 0 Å². The molecule has 1 aliphatic carbocycles. The van der Waals surface area contributed by atoms with E-state index in [1.165, 1.54) is 6.42 Å². The lowest BCUT2D eigenvalue weighted by Gasteiger charge is -2.27. The van der Waals surface area contributed by atoms with Gasteiger partial charge in [-0.2, -0.15) is 0 Å². The van der Waals surface area contributed by atoms with Gasteiger partial charge in [0.25, 0.3) is 0 Å². The lowest BCUT2D eigenvalue weighted by Crippen LogP contribution is -2.29. The Balaban J connectivity index is 1.84. The Kier molecular flexibility index (Phi) is 4.02. The fraction of sp³-hybridized carbons (Fsp3) is 0.500.